The Kier molecular flexibility index (Phi) is 9.86. The zero-order valence-electron chi connectivity index (χ0n) is 22.0. The largest absolute Gasteiger partial charge is 0.490 e. The van der Waals surface area contributed by atoms with E-state index in [4.69, 9.17) is 14.5 Å². The van der Waals surface area contributed by atoms with Crippen molar-refractivity contribution in [2.75, 3.05) is 6.61 Å². The summed E-state index contributed by atoms with van der Waals surface area (Å²) < 4.78 is 52.9. The highest BCUT2D eigenvalue weighted by molar-refractivity contribution is 7.66. The Morgan fingerprint density at radius 3 is 2.23 bits per heavy atom. The van der Waals surface area contributed by atoms with Gasteiger partial charge in [-0.25, -0.2) is 18.5 Å². The average molecular weight is 665 g/mol. The van der Waals surface area contributed by atoms with Crippen LogP contribution in [0.15, 0.2) is 64.4 Å². The fraction of sp³-hybridized carbons (Fsp3) is 0.318. The third-order valence-corrected chi connectivity index (χ3v) is 9.85. The number of aryl methyl sites for hydroxylation is 1. The van der Waals surface area contributed by atoms with Gasteiger partial charge in [0.2, 0.25) is 0 Å². The fourth-order valence-corrected chi connectivity index (χ4v) is 7.12. The van der Waals surface area contributed by atoms with Gasteiger partial charge in [-0.2, -0.15) is 8.62 Å². The van der Waals surface area contributed by atoms with E-state index >= 15 is 0 Å². The van der Waals surface area contributed by atoms with Crippen LogP contribution in [0.3, 0.4) is 0 Å². The van der Waals surface area contributed by atoms with Crippen LogP contribution >= 0.6 is 23.5 Å². The molecule has 1 fully saturated rings. The summed E-state index contributed by atoms with van der Waals surface area (Å²) in [7, 11) is -17.0. The van der Waals surface area contributed by atoms with Gasteiger partial charge in [0, 0.05) is 18.5 Å². The lowest BCUT2D eigenvalue weighted by Crippen LogP contribution is -2.43. The van der Waals surface area contributed by atoms with Crippen molar-refractivity contribution in [1.82, 2.24) is 14.1 Å². The lowest BCUT2D eigenvalue weighted by molar-refractivity contribution is -0.0547. The number of aromatic nitrogens is 3. The van der Waals surface area contributed by atoms with E-state index in [0.717, 1.165) is 38.1 Å². The van der Waals surface area contributed by atoms with Gasteiger partial charge < -0.3 is 34.5 Å². The number of phosphoric ester groups is 1. The zero-order chi connectivity index (χ0) is 31.7. The molecule has 3 heterocycles. The van der Waals surface area contributed by atoms with Crippen molar-refractivity contribution < 1.29 is 61.4 Å². The molecule has 1 saturated heterocycles. The maximum atomic E-state index is 13.3. The Hall–Kier alpha value is -2.66. The minimum absolute atomic E-state index is 0.265. The van der Waals surface area contributed by atoms with E-state index in [1.54, 1.807) is 12.1 Å². The number of nitrogens with zero attached hydrogens (tertiary/aromatic N) is 3. The predicted octanol–water partition coefficient (Wildman–Crippen LogP) is 0.391. The van der Waals surface area contributed by atoms with Crippen LogP contribution in [0.1, 0.15) is 17.5 Å². The van der Waals surface area contributed by atoms with Gasteiger partial charge in [-0.3, -0.25) is 23.4 Å². The van der Waals surface area contributed by atoms with Gasteiger partial charge in [-0.15, -0.1) is 0 Å². The minimum atomic E-state index is -5.79. The van der Waals surface area contributed by atoms with Crippen molar-refractivity contribution >= 4 is 23.5 Å². The molecule has 1 aliphatic heterocycles. The summed E-state index contributed by atoms with van der Waals surface area (Å²) >= 11 is 0. The van der Waals surface area contributed by atoms with Gasteiger partial charge in [0.25, 0.3) is 5.56 Å². The van der Waals surface area contributed by atoms with E-state index in [0.29, 0.717) is 5.69 Å². The van der Waals surface area contributed by atoms with Crippen molar-refractivity contribution in [2.24, 2.45) is 0 Å². The molecule has 1 aliphatic rings. The highest BCUT2D eigenvalue weighted by Gasteiger charge is 2.47. The van der Waals surface area contributed by atoms with Gasteiger partial charge in [-0.05, 0) is 30.2 Å². The molecule has 0 bridgehead atoms. The molecule has 0 saturated carbocycles. The molecular formula is C22H26N3O15P3. The number of pyridine rings is 1. The second-order valence-corrected chi connectivity index (χ2v) is 13.7. The second-order valence-electron chi connectivity index (χ2n) is 9.26. The van der Waals surface area contributed by atoms with Crippen LogP contribution in [0.4, 0.5) is 0 Å². The summed E-state index contributed by atoms with van der Waals surface area (Å²) in [5.74, 6) is 0. The summed E-state index contributed by atoms with van der Waals surface area (Å²) in [6.07, 6.45) is -4.43. The van der Waals surface area contributed by atoms with Gasteiger partial charge in [-0.1, -0.05) is 29.8 Å². The molecule has 6 N–H and O–H groups in total. The third-order valence-electron chi connectivity index (χ3n) is 6.05. The summed E-state index contributed by atoms with van der Waals surface area (Å²) in [5.41, 5.74) is 1.42. The number of aliphatic hydroxyl groups excluding tert-OH is 2. The molecule has 234 valence electrons. The molecule has 21 heteroatoms. The van der Waals surface area contributed by atoms with Crippen molar-refractivity contribution in [2.45, 2.75) is 38.0 Å². The normalized spacial score (nSPS) is 23.5. The van der Waals surface area contributed by atoms with Crippen LogP contribution in [0.5, 0.6) is 0 Å². The van der Waals surface area contributed by atoms with E-state index in [9.17, 15) is 43.3 Å². The molecule has 3 unspecified atom stereocenters. The fourth-order valence-electron chi connectivity index (χ4n) is 4.09. The van der Waals surface area contributed by atoms with Gasteiger partial charge in [0.05, 0.1) is 18.8 Å². The Morgan fingerprint density at radius 2 is 1.58 bits per heavy atom. The first-order chi connectivity index (χ1) is 19.9. The highest BCUT2D eigenvalue weighted by atomic mass is 31.3. The van der Waals surface area contributed by atoms with E-state index in [1.807, 2.05) is 31.2 Å². The highest BCUT2D eigenvalue weighted by Crippen LogP contribution is 2.66. The predicted molar refractivity (Wildman–Crippen MR) is 144 cm³/mol. The van der Waals surface area contributed by atoms with Gasteiger partial charge >= 0.3 is 29.2 Å². The maximum Gasteiger partial charge on any atom is 0.490 e. The Balaban J connectivity index is 1.50. The molecule has 0 amide bonds. The minimum Gasteiger partial charge on any atom is -0.387 e. The third kappa shape index (κ3) is 8.50. The molecule has 4 rings (SSSR count). The molecule has 2 aromatic heterocycles. The summed E-state index contributed by atoms with van der Waals surface area (Å²) in [4.78, 5) is 66.2. The molecule has 0 aliphatic carbocycles. The lowest BCUT2D eigenvalue weighted by atomic mass is 10.0. The Bertz CT molecular complexity index is 1740. The molecule has 3 aromatic rings. The maximum absolute atomic E-state index is 13.3. The lowest BCUT2D eigenvalue weighted by Gasteiger charge is -2.19. The first-order valence-corrected chi connectivity index (χ1v) is 16.6. The molecule has 0 radical (unpaired) electrons. The van der Waals surface area contributed by atoms with E-state index in [-0.39, 0.29) is 6.54 Å². The Morgan fingerprint density at radius 1 is 0.907 bits per heavy atom. The number of hydrogen-bond donors (Lipinski definition) is 6. The second kappa shape index (κ2) is 12.8. The topological polar surface area (TPSA) is 266 Å². The SMILES string of the molecule is Cc1ccc(-c2ccnc(Cn3c(=O)ccn([C@@H]4O[C@H](COP(=O)(O)OP(=O)(O)OP(=O)(O)O)[C@H](O)C4O)c3=O)c2)cc1. The number of aliphatic hydroxyl groups is 2. The molecule has 0 spiro atoms. The van der Waals surface area contributed by atoms with Crippen molar-refractivity contribution in [3.05, 3.63) is 87.0 Å². The van der Waals surface area contributed by atoms with Crippen LogP contribution < -0.4 is 11.2 Å². The van der Waals surface area contributed by atoms with Crippen molar-refractivity contribution in [3.8, 4) is 11.1 Å². The number of ether oxygens (including phenoxy) is 1. The molecule has 6 atom stereocenters. The van der Waals surface area contributed by atoms with Crippen LogP contribution in [0, 0.1) is 6.92 Å². The van der Waals surface area contributed by atoms with Crippen LogP contribution in [-0.4, -0.2) is 68.8 Å². The zero-order valence-corrected chi connectivity index (χ0v) is 24.6. The first kappa shape index (κ1) is 33.2. The summed E-state index contributed by atoms with van der Waals surface area (Å²) in [6, 6.07) is 12.1. The van der Waals surface area contributed by atoms with Crippen molar-refractivity contribution in [1.29, 1.82) is 0 Å². The smallest absolute Gasteiger partial charge is 0.387 e. The van der Waals surface area contributed by atoms with Gasteiger partial charge in [0.1, 0.15) is 18.3 Å². The van der Waals surface area contributed by atoms with Crippen LogP contribution in [-0.2, 0) is 38.1 Å². The molecule has 1 aromatic carbocycles. The van der Waals surface area contributed by atoms with Crippen LogP contribution in [0.25, 0.3) is 11.1 Å². The molecule has 43 heavy (non-hydrogen) atoms. The van der Waals surface area contributed by atoms with E-state index in [2.05, 4.69) is 18.1 Å². The van der Waals surface area contributed by atoms with E-state index < -0.39 is 65.9 Å². The van der Waals surface area contributed by atoms with Crippen LogP contribution in [0.2, 0.25) is 0 Å². The first-order valence-electron chi connectivity index (χ1n) is 12.1. The Labute approximate surface area is 241 Å². The summed E-state index contributed by atoms with van der Waals surface area (Å²) in [5, 5.41) is 20.9. The number of hydrogen-bond acceptors (Lipinski definition) is 12. The van der Waals surface area contributed by atoms with Gasteiger partial charge in [0.15, 0.2) is 6.23 Å². The standard InChI is InChI=1S/C22H26N3O15P3/c1-13-2-4-14(5-3-13)15-6-8-23-16(10-15)11-25-18(26)7-9-24(22(25)29)21-20(28)19(27)17(38-21)12-37-42(33,34)40-43(35,36)39-41(30,31)32/h2-10,17,19-21,27-28H,11-12H2,1H3,(H,33,34)(H,35,36)(H2,30,31,32)/t17-,19+,20?,21-/m1/s1. The average Bonchev–Trinajstić information content (AvgIpc) is 3.17. The monoisotopic (exact) mass is 665 g/mol. The van der Waals surface area contributed by atoms with E-state index in [1.165, 1.54) is 6.20 Å². The summed E-state index contributed by atoms with van der Waals surface area (Å²) in [6.45, 7) is 0.596. The quantitative estimate of drug-likeness (QED) is 0.151. The number of rotatable bonds is 11. The number of phosphoric acid groups is 3. The molecule has 18 nitrogen and oxygen atoms in total. The van der Waals surface area contributed by atoms with Crippen molar-refractivity contribution in [3.63, 3.8) is 0 Å². The molecular weight excluding hydrogens is 639 g/mol. The number of benzene rings is 1.